The fourth-order valence-electron chi connectivity index (χ4n) is 7.20. The molecule has 0 N–H and O–H groups in total. The van der Waals surface area contributed by atoms with Crippen LogP contribution in [0, 0.1) is 0 Å². The molecule has 0 aliphatic carbocycles. The second-order valence-electron chi connectivity index (χ2n) is 15.8. The summed E-state index contributed by atoms with van der Waals surface area (Å²) in [6.45, 7) is 5.11. The molecule has 0 spiro atoms. The van der Waals surface area contributed by atoms with Gasteiger partial charge in [-0.1, -0.05) is 111 Å². The molecule has 0 heterocycles. The Morgan fingerprint density at radius 2 is 0.817 bits per heavy atom. The van der Waals surface area contributed by atoms with Gasteiger partial charge in [-0.15, -0.1) is 0 Å². The Bertz CT molecular complexity index is 2730. The Balaban J connectivity index is 1.51. The lowest BCUT2D eigenvalue weighted by Gasteiger charge is -2.28. The van der Waals surface area contributed by atoms with E-state index in [9.17, 15) is 71.5 Å². The molecule has 5 rings (SSSR count). The first kappa shape index (κ1) is 54.8. The van der Waals surface area contributed by atoms with Crippen LogP contribution in [0.4, 0.5) is 74.1 Å². The van der Waals surface area contributed by atoms with Crippen LogP contribution in [0.3, 0.4) is 0 Å². The minimum absolute atomic E-state index is 0.0246. The Kier molecular flexibility index (Phi) is 17.2. The number of rotatable bonds is 20. The number of nitrogens with zero attached hydrogens (tertiary/aromatic N) is 3. The number of allylic oxidation sites excluding steroid dienone is 3. The summed E-state index contributed by atoms with van der Waals surface area (Å²) in [5.41, 5.74) is -1.62. The van der Waals surface area contributed by atoms with Gasteiger partial charge in [-0.3, -0.25) is 14.4 Å². The summed E-state index contributed by atoms with van der Waals surface area (Å²) in [7, 11) is 0. The SMILES string of the molecule is CCCN(/C=C(\C(=O)C(F)(F)F)c1ccccc1)c1ccc(N(/C=C(\C(=O)C(F)(F)F)c2ccc(-c3cccc(N(/C=C(\C(=O)C(F)(F)C(F)(F)C(F)(F)F)c4ccccc4)CC)c3)cc2)CCC)cc1. The van der Waals surface area contributed by atoms with Crippen LogP contribution in [-0.2, 0) is 14.4 Å². The van der Waals surface area contributed by atoms with Gasteiger partial charge in [0.05, 0.1) is 11.1 Å². The molecular formula is C52H44F13N3O3. The highest BCUT2D eigenvalue weighted by molar-refractivity contribution is 6.25. The lowest BCUT2D eigenvalue weighted by atomic mass is 9.94. The predicted octanol–water partition coefficient (Wildman–Crippen LogP) is 14.4. The van der Waals surface area contributed by atoms with E-state index in [-0.39, 0.29) is 36.4 Å². The van der Waals surface area contributed by atoms with Gasteiger partial charge in [0.15, 0.2) is 0 Å². The fourth-order valence-corrected chi connectivity index (χ4v) is 7.20. The first-order valence-corrected chi connectivity index (χ1v) is 21.7. The molecule has 0 radical (unpaired) electrons. The number of ketones is 3. The molecule has 0 bridgehead atoms. The standard InChI is InChI=1S/C52H44F13N3O3/c1-4-28-67(32-43(46(70)49(55,56)57)36-16-11-8-12-17-36)39-24-26-40(27-25-39)68(29-5-2)33-44(47(71)50(58,59)60)37-22-20-34(21-23-37)38-18-13-19-41(30-38)66(6-3)31-42(35-14-9-7-10-15-35)45(69)48(53,54)51(61,62)52(63,64)65/h7-27,30-33H,4-6,28-29H2,1-3H3/b42-31-,43-32-,44-33-. The second kappa shape index (κ2) is 22.3. The highest BCUT2D eigenvalue weighted by Crippen LogP contribution is 2.49. The number of halogens is 13. The van der Waals surface area contributed by atoms with Crippen LogP contribution in [0.5, 0.6) is 0 Å². The monoisotopic (exact) mass is 1010 g/mol. The van der Waals surface area contributed by atoms with Crippen molar-refractivity contribution in [1.82, 2.24) is 0 Å². The number of hydrogen-bond donors (Lipinski definition) is 0. The van der Waals surface area contributed by atoms with Crippen molar-refractivity contribution in [3.05, 3.63) is 169 Å². The number of anilines is 3. The summed E-state index contributed by atoms with van der Waals surface area (Å²) in [5, 5.41) is 0. The Morgan fingerprint density at radius 3 is 1.20 bits per heavy atom. The van der Waals surface area contributed by atoms with Crippen LogP contribution in [-0.4, -0.2) is 67.4 Å². The van der Waals surface area contributed by atoms with E-state index >= 15 is 0 Å². The number of alkyl halides is 13. The molecule has 0 aliphatic rings. The maximum Gasteiger partial charge on any atom is 0.460 e. The van der Waals surface area contributed by atoms with Crippen molar-refractivity contribution in [2.75, 3.05) is 34.3 Å². The van der Waals surface area contributed by atoms with Gasteiger partial charge in [-0.25, -0.2) is 0 Å². The zero-order valence-corrected chi connectivity index (χ0v) is 37.9. The molecule has 5 aromatic carbocycles. The molecule has 0 aromatic heterocycles. The molecule has 0 aliphatic heterocycles. The molecule has 19 heteroatoms. The number of hydrogen-bond acceptors (Lipinski definition) is 6. The minimum Gasteiger partial charge on any atom is -0.347 e. The first-order chi connectivity index (χ1) is 33.3. The molecular weight excluding hydrogens is 962 g/mol. The van der Waals surface area contributed by atoms with Crippen molar-refractivity contribution in [2.45, 2.75) is 64.0 Å². The fraction of sp³-hybridized carbons (Fsp3) is 0.250. The molecule has 6 nitrogen and oxygen atoms in total. The van der Waals surface area contributed by atoms with E-state index in [0.717, 1.165) is 35.6 Å². The molecule has 0 atom stereocenters. The van der Waals surface area contributed by atoms with E-state index in [1.165, 1.54) is 132 Å². The van der Waals surface area contributed by atoms with Crippen LogP contribution >= 0.6 is 0 Å². The maximum atomic E-state index is 14.9. The second-order valence-corrected chi connectivity index (χ2v) is 15.8. The number of Topliss-reactive ketones (excluding diaryl/α,β-unsaturated/α-hetero) is 3. The van der Waals surface area contributed by atoms with Crippen LogP contribution in [0.15, 0.2) is 152 Å². The lowest BCUT2D eigenvalue weighted by Crippen LogP contribution is -2.56. The van der Waals surface area contributed by atoms with Crippen LogP contribution < -0.4 is 14.7 Å². The third-order valence-corrected chi connectivity index (χ3v) is 10.8. The first-order valence-electron chi connectivity index (χ1n) is 21.7. The van der Waals surface area contributed by atoms with Crippen molar-refractivity contribution in [1.29, 1.82) is 0 Å². The van der Waals surface area contributed by atoms with Gasteiger partial charge in [0.25, 0.3) is 11.6 Å². The normalized spacial score (nSPS) is 13.2. The van der Waals surface area contributed by atoms with Crippen molar-refractivity contribution in [3.8, 4) is 11.1 Å². The van der Waals surface area contributed by atoms with Gasteiger partial charge in [0.1, 0.15) is 0 Å². The number of benzene rings is 5. The molecule has 71 heavy (non-hydrogen) atoms. The summed E-state index contributed by atoms with van der Waals surface area (Å²) in [4.78, 5) is 42.7. The van der Waals surface area contributed by atoms with Gasteiger partial charge < -0.3 is 14.7 Å². The molecule has 0 unspecified atom stereocenters. The van der Waals surface area contributed by atoms with Crippen molar-refractivity contribution < 1.29 is 71.5 Å². The highest BCUT2D eigenvalue weighted by atomic mass is 19.4. The van der Waals surface area contributed by atoms with E-state index in [2.05, 4.69) is 0 Å². The van der Waals surface area contributed by atoms with E-state index < -0.39 is 70.0 Å². The molecule has 0 fully saturated rings. The lowest BCUT2D eigenvalue weighted by molar-refractivity contribution is -0.342. The van der Waals surface area contributed by atoms with Crippen LogP contribution in [0.25, 0.3) is 27.8 Å². The minimum atomic E-state index is -6.77. The molecule has 0 amide bonds. The quantitative estimate of drug-likeness (QED) is 0.0572. The highest BCUT2D eigenvalue weighted by Gasteiger charge is 2.76. The maximum absolute atomic E-state index is 14.9. The predicted molar refractivity (Wildman–Crippen MR) is 247 cm³/mol. The average Bonchev–Trinajstić information content (AvgIpc) is 3.33. The number of carbonyl (C=O) groups is 3. The molecule has 0 saturated carbocycles. The van der Waals surface area contributed by atoms with Crippen molar-refractivity contribution in [2.24, 2.45) is 0 Å². The molecule has 5 aromatic rings. The van der Waals surface area contributed by atoms with Gasteiger partial charge in [0.2, 0.25) is 5.78 Å². The van der Waals surface area contributed by atoms with Gasteiger partial charge >= 0.3 is 30.4 Å². The van der Waals surface area contributed by atoms with E-state index in [1.807, 2.05) is 0 Å². The van der Waals surface area contributed by atoms with Crippen LogP contribution in [0.2, 0.25) is 0 Å². The van der Waals surface area contributed by atoms with Crippen molar-refractivity contribution >= 4 is 51.1 Å². The van der Waals surface area contributed by atoms with Crippen LogP contribution in [0.1, 0.15) is 50.3 Å². The largest absolute Gasteiger partial charge is 0.460 e. The van der Waals surface area contributed by atoms with E-state index in [0.29, 0.717) is 35.3 Å². The van der Waals surface area contributed by atoms with E-state index in [1.54, 1.807) is 19.9 Å². The van der Waals surface area contributed by atoms with Gasteiger partial charge in [-0.2, -0.15) is 57.1 Å². The summed E-state index contributed by atoms with van der Waals surface area (Å²) in [6.07, 6.45) is -13.7. The number of carbonyl (C=O) groups excluding carboxylic acids is 3. The Morgan fingerprint density at radius 1 is 0.423 bits per heavy atom. The molecule has 376 valence electrons. The smallest absolute Gasteiger partial charge is 0.347 e. The van der Waals surface area contributed by atoms with Gasteiger partial charge in [0, 0.05) is 60.9 Å². The van der Waals surface area contributed by atoms with E-state index in [4.69, 9.17) is 0 Å². The topological polar surface area (TPSA) is 60.9 Å². The third-order valence-electron chi connectivity index (χ3n) is 10.8. The van der Waals surface area contributed by atoms with Gasteiger partial charge in [-0.05, 0) is 84.0 Å². The summed E-state index contributed by atoms with van der Waals surface area (Å²) in [6, 6.07) is 30.4. The van der Waals surface area contributed by atoms with Crippen molar-refractivity contribution in [3.63, 3.8) is 0 Å². The summed E-state index contributed by atoms with van der Waals surface area (Å²) in [5.74, 6) is -20.0. The Labute approximate surface area is 400 Å². The zero-order valence-electron chi connectivity index (χ0n) is 37.9. The average molecular weight is 1010 g/mol. The zero-order chi connectivity index (χ0) is 52.5. The summed E-state index contributed by atoms with van der Waals surface area (Å²) >= 11 is 0. The summed E-state index contributed by atoms with van der Waals surface area (Å²) < 4.78 is 181. The molecule has 0 saturated heterocycles. The Hall–Kier alpha value is -7.18. The third kappa shape index (κ3) is 12.8.